The average molecular weight is 399 g/mol. The minimum atomic E-state index is -0.0955. The molecule has 1 N–H and O–H groups in total. The molecule has 1 amide bonds. The Morgan fingerprint density at radius 1 is 1.14 bits per heavy atom. The zero-order chi connectivity index (χ0) is 19.7. The van der Waals surface area contributed by atoms with E-state index in [4.69, 9.17) is 0 Å². The van der Waals surface area contributed by atoms with Crippen molar-refractivity contribution in [3.63, 3.8) is 0 Å². The third kappa shape index (κ3) is 3.57. The lowest BCUT2D eigenvalue weighted by atomic mass is 10.1. The van der Waals surface area contributed by atoms with Crippen molar-refractivity contribution in [2.24, 2.45) is 0 Å². The van der Waals surface area contributed by atoms with Crippen LogP contribution in [0.4, 0.5) is 0 Å². The van der Waals surface area contributed by atoms with Gasteiger partial charge in [-0.3, -0.25) is 14.5 Å². The summed E-state index contributed by atoms with van der Waals surface area (Å²) in [6.07, 6.45) is 0. The van der Waals surface area contributed by atoms with Crippen LogP contribution in [0.15, 0.2) is 35.1 Å². The van der Waals surface area contributed by atoms with E-state index in [-0.39, 0.29) is 11.5 Å². The molecule has 1 aliphatic heterocycles. The molecule has 0 bridgehead atoms. The van der Waals surface area contributed by atoms with Gasteiger partial charge in [0, 0.05) is 55.9 Å². The molecular weight excluding hydrogens is 372 g/mol. The fourth-order valence-corrected chi connectivity index (χ4v) is 4.92. The van der Waals surface area contributed by atoms with Crippen LogP contribution in [0, 0.1) is 0 Å². The van der Waals surface area contributed by atoms with Gasteiger partial charge >= 0.3 is 0 Å². The molecule has 0 radical (unpaired) electrons. The summed E-state index contributed by atoms with van der Waals surface area (Å²) in [7, 11) is 2.14. The van der Waals surface area contributed by atoms with E-state index < -0.39 is 0 Å². The fourth-order valence-electron chi connectivity index (χ4n) is 3.82. The van der Waals surface area contributed by atoms with Crippen molar-refractivity contribution in [1.29, 1.82) is 0 Å². The summed E-state index contributed by atoms with van der Waals surface area (Å²) in [5.41, 5.74) is 0.898. The fraction of sp³-hybridized carbons (Fsp3) is 0.429. The Hall–Kier alpha value is -2.22. The summed E-state index contributed by atoms with van der Waals surface area (Å²) in [4.78, 5) is 30.9. The van der Waals surface area contributed by atoms with Crippen LogP contribution in [0.2, 0.25) is 0 Å². The van der Waals surface area contributed by atoms with Crippen molar-refractivity contribution in [2.75, 3.05) is 46.3 Å². The molecule has 28 heavy (non-hydrogen) atoms. The number of carbonyl (C=O) groups is 1. The van der Waals surface area contributed by atoms with E-state index in [1.807, 2.05) is 31.2 Å². The van der Waals surface area contributed by atoms with Gasteiger partial charge in [0.05, 0.1) is 15.8 Å². The zero-order valence-electron chi connectivity index (χ0n) is 16.4. The maximum absolute atomic E-state index is 12.9. The van der Waals surface area contributed by atoms with Gasteiger partial charge in [0.1, 0.15) is 0 Å². The number of hydrogen-bond acceptors (Lipinski definition) is 5. The molecule has 3 heterocycles. The minimum Gasteiger partial charge on any atom is -0.350 e. The van der Waals surface area contributed by atoms with Crippen molar-refractivity contribution in [3.8, 4) is 0 Å². The molecule has 1 fully saturated rings. The number of nitrogens with one attached hydrogen (secondary N) is 1. The molecule has 0 aliphatic carbocycles. The Balaban J connectivity index is 1.54. The summed E-state index contributed by atoms with van der Waals surface area (Å²) in [6, 6.07) is 9.66. The van der Waals surface area contributed by atoms with E-state index in [1.165, 1.54) is 11.3 Å². The second kappa shape index (κ2) is 8.03. The molecule has 0 spiro atoms. The lowest BCUT2D eigenvalue weighted by molar-refractivity contribution is 0.0945. The normalized spacial score (nSPS) is 16.1. The zero-order valence-corrected chi connectivity index (χ0v) is 17.2. The van der Waals surface area contributed by atoms with Crippen molar-refractivity contribution in [1.82, 2.24) is 19.7 Å². The van der Waals surface area contributed by atoms with E-state index >= 15 is 0 Å². The highest BCUT2D eigenvalue weighted by molar-refractivity contribution is 7.21. The Bertz CT molecular complexity index is 1060. The molecule has 6 nitrogen and oxygen atoms in total. The van der Waals surface area contributed by atoms with Crippen molar-refractivity contribution in [3.05, 3.63) is 45.6 Å². The van der Waals surface area contributed by atoms with Gasteiger partial charge in [0.2, 0.25) is 0 Å². The summed E-state index contributed by atoms with van der Waals surface area (Å²) < 4.78 is 2.67. The molecule has 1 aliphatic rings. The van der Waals surface area contributed by atoms with Crippen LogP contribution in [0.5, 0.6) is 0 Å². The SMILES string of the molecule is CCn1c(=O)c2cc(C(=O)NCCN3CCN(C)CC3)sc2c2ccccc21. The van der Waals surface area contributed by atoms with Gasteiger partial charge in [-0.2, -0.15) is 0 Å². The quantitative estimate of drug-likeness (QED) is 0.716. The van der Waals surface area contributed by atoms with Crippen molar-refractivity contribution >= 4 is 38.2 Å². The van der Waals surface area contributed by atoms with Crippen LogP contribution in [0.25, 0.3) is 21.0 Å². The molecule has 0 saturated carbocycles. The first-order valence-corrected chi connectivity index (χ1v) is 10.6. The van der Waals surface area contributed by atoms with E-state index in [0.29, 0.717) is 23.4 Å². The summed E-state index contributed by atoms with van der Waals surface area (Å²) >= 11 is 1.41. The Morgan fingerprint density at radius 2 is 1.89 bits per heavy atom. The molecule has 1 aromatic carbocycles. The predicted octanol–water partition coefficient (Wildman–Crippen LogP) is 2.21. The third-order valence-corrected chi connectivity index (χ3v) is 6.66. The summed E-state index contributed by atoms with van der Waals surface area (Å²) in [5.74, 6) is -0.0955. The average Bonchev–Trinajstić information content (AvgIpc) is 3.16. The van der Waals surface area contributed by atoms with E-state index in [2.05, 4.69) is 22.2 Å². The van der Waals surface area contributed by atoms with Crippen LogP contribution < -0.4 is 10.9 Å². The van der Waals surface area contributed by atoms with Gasteiger partial charge < -0.3 is 14.8 Å². The highest BCUT2D eigenvalue weighted by atomic mass is 32.1. The summed E-state index contributed by atoms with van der Waals surface area (Å²) in [6.45, 7) is 8.28. The number of nitrogens with zero attached hydrogens (tertiary/aromatic N) is 3. The minimum absolute atomic E-state index is 0.0241. The van der Waals surface area contributed by atoms with E-state index in [1.54, 1.807) is 10.6 Å². The molecule has 2 aromatic heterocycles. The van der Waals surface area contributed by atoms with Crippen LogP contribution in [-0.2, 0) is 6.54 Å². The number of pyridine rings is 1. The number of hydrogen-bond donors (Lipinski definition) is 1. The maximum atomic E-state index is 12.9. The third-order valence-electron chi connectivity index (χ3n) is 5.50. The lowest BCUT2D eigenvalue weighted by Gasteiger charge is -2.32. The highest BCUT2D eigenvalue weighted by Gasteiger charge is 2.17. The number of likely N-dealkylation sites (N-methyl/N-ethyl adjacent to an activating group) is 1. The number of benzene rings is 1. The summed E-state index contributed by atoms with van der Waals surface area (Å²) in [5, 5.41) is 4.68. The first-order valence-electron chi connectivity index (χ1n) is 9.82. The van der Waals surface area contributed by atoms with Gasteiger partial charge in [-0.25, -0.2) is 0 Å². The highest BCUT2D eigenvalue weighted by Crippen LogP contribution is 2.30. The first-order chi connectivity index (χ1) is 13.6. The molecule has 0 unspecified atom stereocenters. The van der Waals surface area contributed by atoms with Gasteiger partial charge in [0.25, 0.3) is 11.5 Å². The van der Waals surface area contributed by atoms with Crippen LogP contribution in [-0.4, -0.2) is 66.6 Å². The molecule has 1 saturated heterocycles. The predicted molar refractivity (Wildman–Crippen MR) is 116 cm³/mol. The maximum Gasteiger partial charge on any atom is 0.261 e. The first kappa shape index (κ1) is 19.1. The van der Waals surface area contributed by atoms with Crippen LogP contribution in [0.3, 0.4) is 0 Å². The lowest BCUT2D eigenvalue weighted by Crippen LogP contribution is -2.46. The van der Waals surface area contributed by atoms with Gasteiger partial charge in [-0.15, -0.1) is 11.3 Å². The number of aromatic nitrogens is 1. The second-order valence-corrected chi connectivity index (χ2v) is 8.37. The molecule has 148 valence electrons. The monoisotopic (exact) mass is 398 g/mol. The van der Waals surface area contributed by atoms with Gasteiger partial charge in [-0.05, 0) is 26.1 Å². The number of aryl methyl sites for hydroxylation is 1. The number of piperazine rings is 1. The molecule has 4 rings (SSSR count). The Labute approximate surface area is 168 Å². The van der Waals surface area contributed by atoms with Crippen LogP contribution in [0.1, 0.15) is 16.6 Å². The molecular formula is C21H26N4O2S. The number of carbonyl (C=O) groups excluding carboxylic acids is 1. The number of para-hydroxylation sites is 1. The molecule has 0 atom stereocenters. The number of fused-ring (bicyclic) bond motifs is 3. The standard InChI is InChI=1S/C21H26N4O2S/c1-3-25-17-7-5-4-6-15(17)19-16(21(25)27)14-18(28-19)20(26)22-8-9-24-12-10-23(2)11-13-24/h4-7,14H,3,8-13H2,1-2H3,(H,22,26). The Kier molecular flexibility index (Phi) is 5.48. The van der Waals surface area contributed by atoms with Crippen molar-refractivity contribution in [2.45, 2.75) is 13.5 Å². The van der Waals surface area contributed by atoms with Crippen molar-refractivity contribution < 1.29 is 4.79 Å². The largest absolute Gasteiger partial charge is 0.350 e. The van der Waals surface area contributed by atoms with Gasteiger partial charge in [0.15, 0.2) is 0 Å². The number of rotatable bonds is 5. The smallest absolute Gasteiger partial charge is 0.261 e. The van der Waals surface area contributed by atoms with E-state index in [0.717, 1.165) is 48.3 Å². The van der Waals surface area contributed by atoms with E-state index in [9.17, 15) is 9.59 Å². The number of thiophene rings is 1. The van der Waals surface area contributed by atoms with Crippen LogP contribution >= 0.6 is 11.3 Å². The topological polar surface area (TPSA) is 57.6 Å². The van der Waals surface area contributed by atoms with Gasteiger partial charge in [-0.1, -0.05) is 18.2 Å². The second-order valence-electron chi connectivity index (χ2n) is 7.32. The Morgan fingerprint density at radius 3 is 2.64 bits per heavy atom. The number of amides is 1. The molecule has 7 heteroatoms. The molecule has 3 aromatic rings.